The predicted molar refractivity (Wildman–Crippen MR) is 98.7 cm³/mol. The van der Waals surface area contributed by atoms with Gasteiger partial charge in [-0.05, 0) is 65.5 Å². The van der Waals surface area contributed by atoms with Crippen molar-refractivity contribution in [1.82, 2.24) is 0 Å². The lowest BCUT2D eigenvalue weighted by Crippen LogP contribution is -2.38. The van der Waals surface area contributed by atoms with Crippen molar-refractivity contribution in [2.75, 3.05) is 0 Å². The summed E-state index contributed by atoms with van der Waals surface area (Å²) < 4.78 is 0. The maximum atomic E-state index is 2.55. The van der Waals surface area contributed by atoms with Crippen LogP contribution in [0.3, 0.4) is 0 Å². The molecule has 3 atom stereocenters. The number of fused-ring (bicyclic) bond motifs is 3. The molecule has 0 heteroatoms. The maximum Gasteiger partial charge on any atom is -0.0126 e. The summed E-state index contributed by atoms with van der Waals surface area (Å²) in [6.07, 6.45) is 8.39. The first-order valence-corrected chi connectivity index (χ1v) is 9.68. The lowest BCUT2D eigenvalue weighted by molar-refractivity contribution is 0.0739. The highest BCUT2D eigenvalue weighted by molar-refractivity contribution is 5.39. The molecule has 2 aliphatic carbocycles. The van der Waals surface area contributed by atoms with Crippen LogP contribution in [-0.4, -0.2) is 0 Å². The smallest absolute Gasteiger partial charge is 0.0126 e. The van der Waals surface area contributed by atoms with E-state index in [1.165, 1.54) is 44.1 Å². The molecular weight excluding hydrogens is 264 g/mol. The van der Waals surface area contributed by atoms with Crippen LogP contribution in [0.1, 0.15) is 102 Å². The van der Waals surface area contributed by atoms with E-state index in [9.17, 15) is 0 Å². The molecule has 1 aromatic rings. The minimum atomic E-state index is 0.595. The summed E-state index contributed by atoms with van der Waals surface area (Å²) in [5.74, 6) is 2.43. The van der Waals surface area contributed by atoms with Crippen molar-refractivity contribution < 1.29 is 0 Å². The van der Waals surface area contributed by atoms with Gasteiger partial charge in [0.05, 0.1) is 0 Å². The van der Waals surface area contributed by atoms with E-state index in [0.717, 1.165) is 11.8 Å². The molecule has 0 nitrogen and oxygen atoms in total. The van der Waals surface area contributed by atoms with Crippen molar-refractivity contribution in [3.05, 3.63) is 34.9 Å². The summed E-state index contributed by atoms with van der Waals surface area (Å²) in [5.41, 5.74) is 5.48. The predicted octanol–water partition coefficient (Wildman–Crippen LogP) is 7.08. The molecule has 0 bridgehead atoms. The first-order chi connectivity index (χ1) is 10.5. The van der Waals surface area contributed by atoms with Crippen LogP contribution in [0.5, 0.6) is 0 Å². The van der Waals surface area contributed by atoms with Crippen molar-refractivity contribution in [2.24, 2.45) is 11.3 Å². The highest BCUT2D eigenvalue weighted by atomic mass is 14.5. The molecule has 0 heterocycles. The van der Waals surface area contributed by atoms with E-state index in [0.29, 0.717) is 11.3 Å². The van der Waals surface area contributed by atoms with Gasteiger partial charge in [-0.15, -0.1) is 0 Å². The highest BCUT2D eigenvalue weighted by Crippen LogP contribution is 2.55. The third kappa shape index (κ3) is 3.12. The van der Waals surface area contributed by atoms with Crippen molar-refractivity contribution >= 4 is 0 Å². The highest BCUT2D eigenvalue weighted by Gasteiger charge is 2.43. The standard InChI is InChI=1S/C20H30.C2H6/c1-5-20(4)12-6-7-18-17-10-8-15(14(2)3)13-16(17)9-11-19(18)20;1-2/h8,10,13-14,18-19H,5-7,9,11-12H2,1-4H3;1-2H3/t18?,19-,20-;/m1./s1. The third-order valence-electron chi connectivity index (χ3n) is 6.41. The number of rotatable bonds is 2. The molecule has 0 aliphatic heterocycles. The summed E-state index contributed by atoms with van der Waals surface area (Å²) in [6.45, 7) is 13.6. The minimum absolute atomic E-state index is 0.595. The topological polar surface area (TPSA) is 0 Å². The van der Waals surface area contributed by atoms with Gasteiger partial charge < -0.3 is 0 Å². The molecule has 0 aromatic heterocycles. The second-order valence-corrected chi connectivity index (χ2v) is 7.76. The molecule has 1 saturated carbocycles. The summed E-state index contributed by atoms with van der Waals surface area (Å²) in [6, 6.07) is 7.38. The number of benzene rings is 1. The Bertz CT molecular complexity index is 485. The molecule has 1 aromatic carbocycles. The lowest BCUT2D eigenvalue weighted by Gasteiger charge is -2.49. The second kappa shape index (κ2) is 7.20. The Morgan fingerprint density at radius 3 is 2.55 bits per heavy atom. The molecule has 0 spiro atoms. The van der Waals surface area contributed by atoms with Crippen LogP contribution in [0.4, 0.5) is 0 Å². The Morgan fingerprint density at radius 1 is 1.18 bits per heavy atom. The molecule has 3 rings (SSSR count). The van der Waals surface area contributed by atoms with Gasteiger partial charge in [0.1, 0.15) is 0 Å². The van der Waals surface area contributed by atoms with Crippen molar-refractivity contribution in [2.45, 2.75) is 91.9 Å². The minimum Gasteiger partial charge on any atom is -0.0683 e. The SMILES string of the molecule is CC.CC[C@]1(C)CCCC2c3ccc(C(C)C)cc3CC[C@H]21. The Morgan fingerprint density at radius 2 is 1.91 bits per heavy atom. The normalized spacial score (nSPS) is 30.1. The van der Waals surface area contributed by atoms with Crippen molar-refractivity contribution in [1.29, 1.82) is 0 Å². The summed E-state index contributed by atoms with van der Waals surface area (Å²) in [4.78, 5) is 0. The van der Waals surface area contributed by atoms with E-state index in [2.05, 4.69) is 45.9 Å². The quantitative estimate of drug-likeness (QED) is 0.547. The van der Waals surface area contributed by atoms with Crippen LogP contribution in [-0.2, 0) is 6.42 Å². The molecular formula is C22H36. The zero-order chi connectivity index (χ0) is 16.3. The van der Waals surface area contributed by atoms with Gasteiger partial charge in [-0.2, -0.15) is 0 Å². The number of hydrogen-bond acceptors (Lipinski definition) is 0. The van der Waals surface area contributed by atoms with Gasteiger partial charge in [0, 0.05) is 0 Å². The lowest BCUT2D eigenvalue weighted by atomic mass is 9.56. The van der Waals surface area contributed by atoms with E-state index >= 15 is 0 Å². The van der Waals surface area contributed by atoms with Gasteiger partial charge in [0.2, 0.25) is 0 Å². The fourth-order valence-electron chi connectivity index (χ4n) is 4.83. The molecule has 1 unspecified atom stereocenters. The van der Waals surface area contributed by atoms with Crippen LogP contribution in [0, 0.1) is 11.3 Å². The monoisotopic (exact) mass is 300 g/mol. The van der Waals surface area contributed by atoms with Gasteiger partial charge in [-0.1, -0.05) is 72.6 Å². The molecule has 1 fully saturated rings. The van der Waals surface area contributed by atoms with Crippen LogP contribution in [0.15, 0.2) is 18.2 Å². The van der Waals surface area contributed by atoms with Gasteiger partial charge in [0.25, 0.3) is 0 Å². The van der Waals surface area contributed by atoms with E-state index in [1.54, 1.807) is 11.1 Å². The fraction of sp³-hybridized carbons (Fsp3) is 0.727. The zero-order valence-electron chi connectivity index (χ0n) is 15.7. The van der Waals surface area contributed by atoms with Gasteiger partial charge in [0.15, 0.2) is 0 Å². The van der Waals surface area contributed by atoms with E-state index in [1.807, 2.05) is 13.8 Å². The van der Waals surface area contributed by atoms with E-state index in [4.69, 9.17) is 0 Å². The average molecular weight is 301 g/mol. The molecule has 0 amide bonds. The molecule has 0 radical (unpaired) electrons. The van der Waals surface area contributed by atoms with Crippen LogP contribution in [0.2, 0.25) is 0 Å². The molecule has 2 aliphatic rings. The van der Waals surface area contributed by atoms with Crippen molar-refractivity contribution in [3.8, 4) is 0 Å². The molecule has 0 saturated heterocycles. The average Bonchev–Trinajstić information content (AvgIpc) is 2.56. The van der Waals surface area contributed by atoms with Gasteiger partial charge >= 0.3 is 0 Å². The first-order valence-electron chi connectivity index (χ1n) is 9.68. The van der Waals surface area contributed by atoms with E-state index in [-0.39, 0.29) is 0 Å². The zero-order valence-corrected chi connectivity index (χ0v) is 15.7. The third-order valence-corrected chi connectivity index (χ3v) is 6.41. The largest absolute Gasteiger partial charge is 0.0683 e. The Balaban J connectivity index is 0.000000847. The van der Waals surface area contributed by atoms with Crippen LogP contribution in [0.25, 0.3) is 0 Å². The Kier molecular flexibility index (Phi) is 5.75. The second-order valence-electron chi connectivity index (χ2n) is 7.76. The van der Waals surface area contributed by atoms with Crippen molar-refractivity contribution in [3.63, 3.8) is 0 Å². The maximum absolute atomic E-state index is 2.55. The van der Waals surface area contributed by atoms with Gasteiger partial charge in [-0.25, -0.2) is 0 Å². The first kappa shape index (κ1) is 17.6. The fourth-order valence-corrected chi connectivity index (χ4v) is 4.83. The van der Waals surface area contributed by atoms with Gasteiger partial charge in [-0.3, -0.25) is 0 Å². The molecule has 22 heavy (non-hydrogen) atoms. The number of aryl methyl sites for hydroxylation is 1. The number of hydrogen-bond donors (Lipinski definition) is 0. The molecule has 124 valence electrons. The summed E-state index contributed by atoms with van der Waals surface area (Å²) >= 11 is 0. The summed E-state index contributed by atoms with van der Waals surface area (Å²) in [5, 5.41) is 0. The molecule has 0 N–H and O–H groups in total. The Labute approximate surface area is 138 Å². The summed E-state index contributed by atoms with van der Waals surface area (Å²) in [7, 11) is 0. The van der Waals surface area contributed by atoms with Crippen LogP contribution < -0.4 is 0 Å². The Hall–Kier alpha value is -0.780. The van der Waals surface area contributed by atoms with E-state index < -0.39 is 0 Å². The van der Waals surface area contributed by atoms with Crippen LogP contribution >= 0.6 is 0 Å².